The Morgan fingerprint density at radius 1 is 1.00 bits per heavy atom. The number of anilines is 1. The highest BCUT2D eigenvalue weighted by Gasteiger charge is 2.48. The van der Waals surface area contributed by atoms with Gasteiger partial charge in [0.2, 0.25) is 0 Å². The van der Waals surface area contributed by atoms with Crippen LogP contribution in [-0.2, 0) is 16.1 Å². The van der Waals surface area contributed by atoms with E-state index in [0.29, 0.717) is 57.2 Å². The fraction of sp³-hybridized carbons (Fsp3) is 0.391. The molecule has 0 radical (unpaired) electrons. The third kappa shape index (κ3) is 3.97. The molecule has 3 aliphatic rings. The first-order chi connectivity index (χ1) is 15.1. The molecule has 3 heterocycles. The Hall–Kier alpha value is -3.42. The van der Waals surface area contributed by atoms with Crippen LogP contribution in [-0.4, -0.2) is 55.5 Å². The molecule has 162 valence electrons. The maximum Gasteiger partial charge on any atom is 0.415 e. The van der Waals surface area contributed by atoms with Crippen LogP contribution in [0.1, 0.15) is 18.4 Å². The van der Waals surface area contributed by atoms with Crippen LogP contribution in [0.25, 0.3) is 0 Å². The van der Waals surface area contributed by atoms with Gasteiger partial charge in [-0.2, -0.15) is 0 Å². The van der Waals surface area contributed by atoms with E-state index in [1.54, 1.807) is 9.80 Å². The van der Waals surface area contributed by atoms with Crippen molar-refractivity contribution in [1.29, 1.82) is 0 Å². The number of hydrogen-bond donors (Lipinski definition) is 0. The molecule has 0 aliphatic carbocycles. The molecule has 1 spiro atoms. The van der Waals surface area contributed by atoms with Crippen molar-refractivity contribution < 1.29 is 28.5 Å². The van der Waals surface area contributed by atoms with Gasteiger partial charge in [0.1, 0.15) is 25.4 Å². The van der Waals surface area contributed by atoms with Gasteiger partial charge in [-0.3, -0.25) is 4.90 Å². The number of likely N-dealkylation sites (tertiary alicyclic amines) is 1. The molecule has 2 aromatic carbocycles. The van der Waals surface area contributed by atoms with E-state index in [9.17, 15) is 9.59 Å². The van der Waals surface area contributed by atoms with Crippen molar-refractivity contribution in [2.75, 3.05) is 37.7 Å². The van der Waals surface area contributed by atoms with Crippen LogP contribution < -0.4 is 14.4 Å². The molecule has 2 aromatic rings. The minimum Gasteiger partial charge on any atom is -0.486 e. The van der Waals surface area contributed by atoms with E-state index in [-0.39, 0.29) is 18.8 Å². The number of fused-ring (bicyclic) bond motifs is 1. The Balaban J connectivity index is 1.19. The Labute approximate surface area is 180 Å². The van der Waals surface area contributed by atoms with Crippen molar-refractivity contribution in [3.05, 3.63) is 54.1 Å². The zero-order valence-corrected chi connectivity index (χ0v) is 17.1. The second-order valence-electron chi connectivity index (χ2n) is 7.99. The molecule has 2 fully saturated rings. The highest BCUT2D eigenvalue weighted by Crippen LogP contribution is 2.39. The number of carbonyl (C=O) groups excluding carboxylic acids is 2. The molecule has 0 N–H and O–H groups in total. The summed E-state index contributed by atoms with van der Waals surface area (Å²) in [6.07, 6.45) is 0.420. The number of hydrogen-bond acceptors (Lipinski definition) is 6. The van der Waals surface area contributed by atoms with Gasteiger partial charge in [0.25, 0.3) is 0 Å². The van der Waals surface area contributed by atoms with E-state index < -0.39 is 5.60 Å². The zero-order chi connectivity index (χ0) is 21.3. The Bertz CT molecular complexity index is 971. The quantitative estimate of drug-likeness (QED) is 0.750. The number of rotatable bonds is 3. The Kier molecular flexibility index (Phi) is 5.05. The summed E-state index contributed by atoms with van der Waals surface area (Å²) >= 11 is 0. The average molecular weight is 424 g/mol. The van der Waals surface area contributed by atoms with E-state index in [1.807, 2.05) is 48.5 Å². The van der Waals surface area contributed by atoms with E-state index in [4.69, 9.17) is 18.9 Å². The lowest BCUT2D eigenvalue weighted by molar-refractivity contribution is -0.00107. The summed E-state index contributed by atoms with van der Waals surface area (Å²) in [6.45, 7) is 2.66. The molecule has 0 aromatic heterocycles. The van der Waals surface area contributed by atoms with Crippen molar-refractivity contribution in [1.82, 2.24) is 4.90 Å². The number of nitrogens with zero attached hydrogens (tertiary/aromatic N) is 2. The molecule has 8 heteroatoms. The van der Waals surface area contributed by atoms with Crippen molar-refractivity contribution >= 4 is 17.9 Å². The second kappa shape index (κ2) is 8.02. The molecular weight excluding hydrogens is 400 g/mol. The first-order valence-electron chi connectivity index (χ1n) is 10.5. The third-order valence-electron chi connectivity index (χ3n) is 5.95. The second-order valence-corrected chi connectivity index (χ2v) is 7.99. The van der Waals surface area contributed by atoms with Crippen molar-refractivity contribution in [3.8, 4) is 11.5 Å². The predicted molar refractivity (Wildman–Crippen MR) is 111 cm³/mol. The van der Waals surface area contributed by atoms with Gasteiger partial charge in [-0.15, -0.1) is 0 Å². The molecule has 2 saturated heterocycles. The molecule has 0 unspecified atom stereocenters. The summed E-state index contributed by atoms with van der Waals surface area (Å²) < 4.78 is 22.4. The van der Waals surface area contributed by atoms with Gasteiger partial charge in [0, 0.05) is 32.0 Å². The van der Waals surface area contributed by atoms with Gasteiger partial charge in [-0.05, 0) is 17.7 Å². The van der Waals surface area contributed by atoms with Crippen LogP contribution in [0, 0.1) is 0 Å². The van der Waals surface area contributed by atoms with Gasteiger partial charge in [-0.1, -0.05) is 30.3 Å². The molecule has 0 bridgehead atoms. The van der Waals surface area contributed by atoms with Gasteiger partial charge in [-0.25, -0.2) is 9.59 Å². The lowest BCUT2D eigenvalue weighted by Gasteiger charge is -2.36. The van der Waals surface area contributed by atoms with E-state index in [0.717, 1.165) is 11.3 Å². The first kappa shape index (κ1) is 19.5. The summed E-state index contributed by atoms with van der Waals surface area (Å²) in [5.41, 5.74) is 1.07. The lowest BCUT2D eigenvalue weighted by Crippen LogP contribution is -2.48. The highest BCUT2D eigenvalue weighted by molar-refractivity contribution is 5.90. The van der Waals surface area contributed by atoms with Crippen LogP contribution in [0.5, 0.6) is 11.5 Å². The van der Waals surface area contributed by atoms with Gasteiger partial charge in [0.05, 0.1) is 12.2 Å². The van der Waals surface area contributed by atoms with Gasteiger partial charge in [0.15, 0.2) is 11.5 Å². The molecular formula is C23H24N2O6. The molecule has 8 nitrogen and oxygen atoms in total. The summed E-state index contributed by atoms with van der Waals surface area (Å²) in [7, 11) is 0. The monoisotopic (exact) mass is 424 g/mol. The number of ether oxygens (including phenoxy) is 4. The molecule has 0 saturated carbocycles. The molecule has 3 aliphatic heterocycles. The molecule has 31 heavy (non-hydrogen) atoms. The van der Waals surface area contributed by atoms with Crippen LogP contribution in [0.4, 0.5) is 15.3 Å². The summed E-state index contributed by atoms with van der Waals surface area (Å²) in [6, 6.07) is 15.0. The normalized spacial score (nSPS) is 19.3. The maximum absolute atomic E-state index is 12.6. The third-order valence-corrected chi connectivity index (χ3v) is 5.95. The molecule has 2 amide bonds. The summed E-state index contributed by atoms with van der Waals surface area (Å²) in [5, 5.41) is 0. The summed E-state index contributed by atoms with van der Waals surface area (Å²) in [5.74, 6) is 1.31. The van der Waals surface area contributed by atoms with Crippen molar-refractivity contribution in [2.45, 2.75) is 25.0 Å². The predicted octanol–water partition coefficient (Wildman–Crippen LogP) is 3.59. The minimum atomic E-state index is -0.597. The van der Waals surface area contributed by atoms with Crippen LogP contribution in [0.15, 0.2) is 48.5 Å². The Morgan fingerprint density at radius 3 is 2.52 bits per heavy atom. The van der Waals surface area contributed by atoms with Gasteiger partial charge >= 0.3 is 12.2 Å². The number of amides is 2. The molecule has 5 rings (SSSR count). The standard InChI is InChI=1S/C23H24N2O6/c26-21(30-15-17-4-2-1-3-5-17)24-10-8-23(9-11-24)16-25(22(27)31-23)18-6-7-19-20(14-18)29-13-12-28-19/h1-7,14H,8-13,15-16H2. The SMILES string of the molecule is O=C(OCc1ccccc1)N1CCC2(CC1)CN(c1ccc3c(c1)OCCO3)C(=O)O2. The maximum atomic E-state index is 12.6. The highest BCUT2D eigenvalue weighted by atomic mass is 16.6. The topological polar surface area (TPSA) is 77.5 Å². The largest absolute Gasteiger partial charge is 0.486 e. The fourth-order valence-corrected chi connectivity index (χ4v) is 4.19. The number of benzene rings is 2. The molecule has 0 atom stereocenters. The minimum absolute atomic E-state index is 0.244. The van der Waals surface area contributed by atoms with Gasteiger partial charge < -0.3 is 23.8 Å². The van der Waals surface area contributed by atoms with Crippen molar-refractivity contribution in [2.24, 2.45) is 0 Å². The van der Waals surface area contributed by atoms with E-state index in [1.165, 1.54) is 0 Å². The van der Waals surface area contributed by atoms with Crippen LogP contribution >= 0.6 is 0 Å². The Morgan fingerprint density at radius 2 is 1.74 bits per heavy atom. The summed E-state index contributed by atoms with van der Waals surface area (Å²) in [4.78, 5) is 28.3. The number of piperidine rings is 1. The van der Waals surface area contributed by atoms with Crippen LogP contribution in [0.2, 0.25) is 0 Å². The number of carbonyl (C=O) groups is 2. The fourth-order valence-electron chi connectivity index (χ4n) is 4.19. The van der Waals surface area contributed by atoms with Crippen molar-refractivity contribution in [3.63, 3.8) is 0 Å². The van der Waals surface area contributed by atoms with Crippen LogP contribution in [0.3, 0.4) is 0 Å². The smallest absolute Gasteiger partial charge is 0.415 e. The zero-order valence-electron chi connectivity index (χ0n) is 17.1. The lowest BCUT2D eigenvalue weighted by atomic mass is 9.91. The van der Waals surface area contributed by atoms with E-state index in [2.05, 4.69) is 0 Å². The van der Waals surface area contributed by atoms with E-state index >= 15 is 0 Å². The first-order valence-corrected chi connectivity index (χ1v) is 10.5. The average Bonchev–Trinajstić information content (AvgIpc) is 3.13.